The van der Waals surface area contributed by atoms with Crippen LogP contribution in [0.15, 0.2) is 18.2 Å². The van der Waals surface area contributed by atoms with Gasteiger partial charge in [-0.1, -0.05) is 19.9 Å². The predicted octanol–water partition coefficient (Wildman–Crippen LogP) is 3.80. The Morgan fingerprint density at radius 3 is 2.33 bits per heavy atom. The van der Waals surface area contributed by atoms with E-state index >= 15 is 0 Å². The van der Waals surface area contributed by atoms with Gasteiger partial charge in [0.2, 0.25) is 0 Å². The van der Waals surface area contributed by atoms with Crippen LogP contribution in [0.1, 0.15) is 19.4 Å². The lowest BCUT2D eigenvalue weighted by Crippen LogP contribution is -2.07. The third-order valence-corrected chi connectivity index (χ3v) is 1.45. The molecule has 0 bridgehead atoms. The van der Waals surface area contributed by atoms with Crippen LogP contribution in [0, 0.1) is 12.7 Å². The minimum absolute atomic E-state index is 0.133. The zero-order valence-electron chi connectivity index (χ0n) is 9.06. The van der Waals surface area contributed by atoms with Crippen molar-refractivity contribution < 1.29 is 17.9 Å². The Bertz CT molecular complexity index is 287. The molecule has 1 nitrogen and oxygen atoms in total. The molecular formula is C11H15F3O. The summed E-state index contributed by atoms with van der Waals surface area (Å²) in [5.74, 6) is -0.744. The fraction of sp³-hybridized carbons (Fsp3) is 0.455. The summed E-state index contributed by atoms with van der Waals surface area (Å²) in [7, 11) is 0. The van der Waals surface area contributed by atoms with Gasteiger partial charge in [-0.15, -0.1) is 0 Å². The fourth-order valence-electron chi connectivity index (χ4n) is 0.876. The minimum atomic E-state index is -2.58. The van der Waals surface area contributed by atoms with Gasteiger partial charge in [0.15, 0.2) is 11.6 Å². The number of benzene rings is 1. The van der Waals surface area contributed by atoms with Crippen molar-refractivity contribution in [1.82, 2.24) is 0 Å². The first-order valence-corrected chi connectivity index (χ1v) is 4.76. The molecule has 0 heterocycles. The van der Waals surface area contributed by atoms with Gasteiger partial charge in [-0.3, -0.25) is 0 Å². The van der Waals surface area contributed by atoms with E-state index < -0.39 is 18.8 Å². The van der Waals surface area contributed by atoms with Crippen LogP contribution < -0.4 is 4.74 Å². The molecule has 1 rings (SSSR count). The monoisotopic (exact) mass is 220 g/mol. The van der Waals surface area contributed by atoms with Gasteiger partial charge in [0.25, 0.3) is 6.43 Å². The zero-order valence-corrected chi connectivity index (χ0v) is 9.06. The number of alkyl halides is 2. The number of hydrogen-bond donors (Lipinski definition) is 0. The molecule has 4 heteroatoms. The smallest absolute Gasteiger partial charge is 0.272 e. The Morgan fingerprint density at radius 1 is 1.27 bits per heavy atom. The van der Waals surface area contributed by atoms with Gasteiger partial charge in [0, 0.05) is 0 Å². The van der Waals surface area contributed by atoms with E-state index in [1.165, 1.54) is 12.1 Å². The highest BCUT2D eigenvalue weighted by molar-refractivity contribution is 5.28. The summed E-state index contributed by atoms with van der Waals surface area (Å²) in [6, 6.07) is 4.18. The van der Waals surface area contributed by atoms with Crippen LogP contribution in [0.2, 0.25) is 0 Å². The summed E-state index contributed by atoms with van der Waals surface area (Å²) in [6.45, 7) is 4.93. The molecule has 0 spiro atoms. The highest BCUT2D eigenvalue weighted by Gasteiger charge is 2.07. The molecule has 1 aromatic rings. The van der Waals surface area contributed by atoms with Gasteiger partial charge in [0.1, 0.15) is 6.61 Å². The normalized spacial score (nSPS) is 9.53. The lowest BCUT2D eigenvalue weighted by atomic mass is 10.2. The molecule has 0 fully saturated rings. The van der Waals surface area contributed by atoms with E-state index in [2.05, 4.69) is 4.74 Å². The molecule has 0 saturated heterocycles. The van der Waals surface area contributed by atoms with Crippen molar-refractivity contribution >= 4 is 0 Å². The van der Waals surface area contributed by atoms with Crippen molar-refractivity contribution in [3.05, 3.63) is 29.6 Å². The Kier molecular flexibility index (Phi) is 6.58. The van der Waals surface area contributed by atoms with Gasteiger partial charge in [-0.2, -0.15) is 0 Å². The van der Waals surface area contributed by atoms with E-state index in [9.17, 15) is 13.2 Å². The highest BCUT2D eigenvalue weighted by Crippen LogP contribution is 2.18. The number of rotatable bonds is 3. The van der Waals surface area contributed by atoms with Crippen LogP contribution in [0.5, 0.6) is 5.75 Å². The molecule has 0 aromatic heterocycles. The number of halogens is 3. The summed E-state index contributed by atoms with van der Waals surface area (Å²) in [4.78, 5) is 0. The van der Waals surface area contributed by atoms with E-state index in [1.54, 1.807) is 13.0 Å². The molecule has 0 radical (unpaired) electrons. The molecule has 0 aliphatic carbocycles. The molecule has 0 saturated carbocycles. The summed E-state index contributed by atoms with van der Waals surface area (Å²) >= 11 is 0. The number of ether oxygens (including phenoxy) is 1. The average molecular weight is 220 g/mol. The molecule has 0 aliphatic heterocycles. The van der Waals surface area contributed by atoms with Gasteiger partial charge < -0.3 is 4.74 Å². The maximum Gasteiger partial charge on any atom is 0.272 e. The van der Waals surface area contributed by atoms with Crippen molar-refractivity contribution in [2.75, 3.05) is 6.61 Å². The van der Waals surface area contributed by atoms with Gasteiger partial charge in [-0.05, 0) is 24.6 Å². The third kappa shape index (κ3) is 5.30. The summed E-state index contributed by atoms with van der Waals surface area (Å²) in [5.41, 5.74) is 0.724. The molecule has 0 aliphatic rings. The van der Waals surface area contributed by atoms with Crippen molar-refractivity contribution in [3.63, 3.8) is 0 Å². The molecule has 0 unspecified atom stereocenters. The maximum atomic E-state index is 12.9. The second-order valence-electron chi connectivity index (χ2n) is 2.64. The Labute approximate surface area is 87.9 Å². The first-order valence-electron chi connectivity index (χ1n) is 4.76. The van der Waals surface area contributed by atoms with Crippen molar-refractivity contribution in [2.24, 2.45) is 0 Å². The SMILES string of the molecule is CC.Cc1ccc(OCC(F)F)c(F)c1. The van der Waals surface area contributed by atoms with E-state index in [-0.39, 0.29) is 5.75 Å². The minimum Gasteiger partial charge on any atom is -0.485 e. The van der Waals surface area contributed by atoms with Crippen molar-refractivity contribution in [1.29, 1.82) is 0 Å². The fourth-order valence-corrected chi connectivity index (χ4v) is 0.876. The first kappa shape index (κ1) is 13.8. The predicted molar refractivity (Wildman–Crippen MR) is 54.0 cm³/mol. The largest absolute Gasteiger partial charge is 0.485 e. The topological polar surface area (TPSA) is 9.23 Å². The molecular weight excluding hydrogens is 205 g/mol. The zero-order chi connectivity index (χ0) is 11.8. The van der Waals surface area contributed by atoms with Crippen LogP contribution in [-0.2, 0) is 0 Å². The van der Waals surface area contributed by atoms with E-state index in [4.69, 9.17) is 0 Å². The van der Waals surface area contributed by atoms with E-state index in [1.807, 2.05) is 13.8 Å². The maximum absolute atomic E-state index is 12.9. The molecule has 15 heavy (non-hydrogen) atoms. The van der Waals surface area contributed by atoms with Crippen LogP contribution in [-0.4, -0.2) is 13.0 Å². The van der Waals surface area contributed by atoms with Gasteiger partial charge in [-0.25, -0.2) is 13.2 Å². The second kappa shape index (κ2) is 7.15. The summed E-state index contributed by atoms with van der Waals surface area (Å²) in [6.07, 6.45) is -2.58. The van der Waals surface area contributed by atoms with Crippen molar-refractivity contribution in [3.8, 4) is 5.75 Å². The quantitative estimate of drug-likeness (QED) is 0.752. The first-order chi connectivity index (χ1) is 7.09. The van der Waals surface area contributed by atoms with Gasteiger partial charge in [0.05, 0.1) is 0 Å². The lowest BCUT2D eigenvalue weighted by molar-refractivity contribution is 0.0799. The molecule has 0 amide bonds. The van der Waals surface area contributed by atoms with Crippen LogP contribution >= 0.6 is 0 Å². The molecule has 1 aromatic carbocycles. The summed E-state index contributed by atoms with van der Waals surface area (Å²) < 4.78 is 40.8. The Morgan fingerprint density at radius 2 is 1.87 bits per heavy atom. The third-order valence-electron chi connectivity index (χ3n) is 1.45. The Balaban J connectivity index is 0.000000921. The standard InChI is InChI=1S/C9H9F3O.C2H6/c1-6-2-3-8(7(10)4-6)13-5-9(11)12;1-2/h2-4,9H,5H2,1H3;1-2H3. The summed E-state index contributed by atoms with van der Waals surface area (Å²) in [5, 5.41) is 0. The van der Waals surface area contributed by atoms with Crippen LogP contribution in [0.25, 0.3) is 0 Å². The van der Waals surface area contributed by atoms with Gasteiger partial charge >= 0.3 is 0 Å². The molecule has 0 N–H and O–H groups in total. The van der Waals surface area contributed by atoms with Crippen molar-refractivity contribution in [2.45, 2.75) is 27.2 Å². The highest BCUT2D eigenvalue weighted by atomic mass is 19.3. The molecule has 86 valence electrons. The number of aryl methyl sites for hydroxylation is 1. The average Bonchev–Trinajstić information content (AvgIpc) is 2.19. The second-order valence-corrected chi connectivity index (χ2v) is 2.64. The molecule has 0 atom stereocenters. The van der Waals surface area contributed by atoms with E-state index in [0.717, 1.165) is 5.56 Å². The number of hydrogen-bond acceptors (Lipinski definition) is 1. The lowest BCUT2D eigenvalue weighted by Gasteiger charge is -2.06. The van der Waals surface area contributed by atoms with Crippen LogP contribution in [0.4, 0.5) is 13.2 Å². The van der Waals surface area contributed by atoms with E-state index in [0.29, 0.717) is 0 Å². The Hall–Kier alpha value is -1.19. The van der Waals surface area contributed by atoms with Crippen LogP contribution in [0.3, 0.4) is 0 Å².